The Morgan fingerprint density at radius 3 is 1.60 bits per heavy atom. The maximum absolute atomic E-state index is 11.1. The highest BCUT2D eigenvalue weighted by Crippen LogP contribution is 1.95. The van der Waals surface area contributed by atoms with Crippen LogP contribution in [-0.2, 0) is 9.59 Å². The highest BCUT2D eigenvalue weighted by Gasteiger charge is 2.03. The Kier molecular flexibility index (Phi) is 9.92. The third-order valence-electron chi connectivity index (χ3n) is 1.68. The molecule has 0 aliphatic heterocycles. The molecule has 0 rings (SSSR count). The van der Waals surface area contributed by atoms with E-state index in [1.807, 2.05) is 0 Å². The minimum atomic E-state index is -0.0222. The summed E-state index contributed by atoms with van der Waals surface area (Å²) in [6.07, 6.45) is 1.36. The second-order valence-corrected chi connectivity index (χ2v) is 3.90. The van der Waals surface area contributed by atoms with Gasteiger partial charge in [-0.1, -0.05) is 0 Å². The van der Waals surface area contributed by atoms with Gasteiger partial charge in [-0.3, -0.25) is 9.59 Å². The van der Waals surface area contributed by atoms with Gasteiger partial charge in [-0.15, -0.1) is 0 Å². The fourth-order valence-corrected chi connectivity index (χ4v) is 1.20. The van der Waals surface area contributed by atoms with Crippen molar-refractivity contribution in [3.05, 3.63) is 0 Å². The number of amides is 2. The fourth-order valence-electron chi connectivity index (χ4n) is 0.977. The molecule has 0 unspecified atom stereocenters. The average molecular weight is 250 g/mol. The summed E-state index contributed by atoms with van der Waals surface area (Å²) in [6, 6.07) is 0. The number of hydrogen-bond acceptors (Lipinski definition) is 4. The van der Waals surface area contributed by atoms with Crippen molar-refractivity contribution in [3.8, 4) is 0 Å². The summed E-state index contributed by atoms with van der Waals surface area (Å²) in [7, 11) is 0. The molecule has 0 fully saturated rings. The van der Waals surface area contributed by atoms with Crippen molar-refractivity contribution in [1.82, 2.24) is 10.6 Å². The fraction of sp³-hybridized carbons (Fsp3) is 0.778. The SMILES string of the molecule is O=C(CCCC(=O)NCCS)NCCS. The topological polar surface area (TPSA) is 58.2 Å². The molecule has 0 saturated carbocycles. The van der Waals surface area contributed by atoms with Crippen LogP contribution in [0.5, 0.6) is 0 Å². The summed E-state index contributed by atoms with van der Waals surface area (Å²) in [6.45, 7) is 1.15. The summed E-state index contributed by atoms with van der Waals surface area (Å²) >= 11 is 7.94. The van der Waals surface area contributed by atoms with Gasteiger partial charge in [0.05, 0.1) is 0 Å². The van der Waals surface area contributed by atoms with Gasteiger partial charge >= 0.3 is 0 Å². The molecule has 0 spiro atoms. The zero-order chi connectivity index (χ0) is 11.5. The van der Waals surface area contributed by atoms with E-state index in [-0.39, 0.29) is 11.8 Å². The molecule has 0 bridgehead atoms. The smallest absolute Gasteiger partial charge is 0.220 e. The van der Waals surface area contributed by atoms with Crippen LogP contribution in [0.1, 0.15) is 19.3 Å². The Morgan fingerprint density at radius 2 is 1.27 bits per heavy atom. The van der Waals surface area contributed by atoms with Gasteiger partial charge in [-0.2, -0.15) is 25.3 Å². The highest BCUT2D eigenvalue weighted by atomic mass is 32.1. The minimum absolute atomic E-state index is 0.0222. The predicted molar refractivity (Wildman–Crippen MR) is 67.6 cm³/mol. The van der Waals surface area contributed by atoms with Crippen molar-refractivity contribution in [3.63, 3.8) is 0 Å². The molecule has 0 saturated heterocycles. The Morgan fingerprint density at radius 1 is 0.867 bits per heavy atom. The van der Waals surface area contributed by atoms with E-state index in [9.17, 15) is 9.59 Å². The van der Waals surface area contributed by atoms with Gasteiger partial charge in [0.15, 0.2) is 0 Å². The van der Waals surface area contributed by atoms with Gasteiger partial charge in [0.1, 0.15) is 0 Å². The first kappa shape index (κ1) is 14.6. The van der Waals surface area contributed by atoms with Crippen LogP contribution in [-0.4, -0.2) is 36.4 Å². The molecule has 0 aromatic heterocycles. The largest absolute Gasteiger partial charge is 0.355 e. The lowest BCUT2D eigenvalue weighted by atomic mass is 10.2. The van der Waals surface area contributed by atoms with Crippen molar-refractivity contribution in [2.45, 2.75) is 19.3 Å². The first-order valence-corrected chi connectivity index (χ1v) is 6.22. The van der Waals surface area contributed by atoms with Crippen LogP contribution in [0.25, 0.3) is 0 Å². The van der Waals surface area contributed by atoms with Crippen LogP contribution in [0.4, 0.5) is 0 Å². The van der Waals surface area contributed by atoms with Crippen molar-refractivity contribution in [1.29, 1.82) is 0 Å². The quantitative estimate of drug-likeness (QED) is 0.467. The minimum Gasteiger partial charge on any atom is -0.355 e. The number of carbonyl (C=O) groups excluding carboxylic acids is 2. The molecular formula is C9H18N2O2S2. The molecule has 4 nitrogen and oxygen atoms in total. The molecule has 0 atom stereocenters. The standard InChI is InChI=1S/C9H18N2O2S2/c12-8(10-4-6-14)2-1-3-9(13)11-5-7-15/h14-15H,1-7H2,(H,10,12)(H,11,13). The Hall–Kier alpha value is -0.360. The van der Waals surface area contributed by atoms with Crippen LogP contribution >= 0.6 is 25.3 Å². The lowest BCUT2D eigenvalue weighted by molar-refractivity contribution is -0.122. The number of nitrogens with one attached hydrogen (secondary N) is 2. The van der Waals surface area contributed by atoms with Crippen LogP contribution < -0.4 is 10.6 Å². The third kappa shape index (κ3) is 9.93. The summed E-state index contributed by atoms with van der Waals surface area (Å²) < 4.78 is 0. The van der Waals surface area contributed by atoms with Crippen molar-refractivity contribution < 1.29 is 9.59 Å². The van der Waals surface area contributed by atoms with Gasteiger partial charge in [-0.05, 0) is 6.42 Å². The third-order valence-corrected chi connectivity index (χ3v) is 2.12. The lowest BCUT2D eigenvalue weighted by Gasteiger charge is -2.04. The number of rotatable bonds is 8. The van der Waals surface area contributed by atoms with Gasteiger partial charge in [0, 0.05) is 37.4 Å². The molecule has 0 heterocycles. The maximum atomic E-state index is 11.1. The van der Waals surface area contributed by atoms with Gasteiger partial charge in [-0.25, -0.2) is 0 Å². The second kappa shape index (κ2) is 10.2. The van der Waals surface area contributed by atoms with Crippen LogP contribution in [0.3, 0.4) is 0 Å². The van der Waals surface area contributed by atoms with Crippen LogP contribution in [0.2, 0.25) is 0 Å². The predicted octanol–water partition coefficient (Wildman–Crippen LogP) is 0.249. The normalized spacial score (nSPS) is 9.73. The number of thiol groups is 2. The molecule has 2 N–H and O–H groups in total. The molecule has 15 heavy (non-hydrogen) atoms. The molecule has 0 aliphatic carbocycles. The molecule has 2 amide bonds. The maximum Gasteiger partial charge on any atom is 0.220 e. The Labute approximate surface area is 101 Å². The lowest BCUT2D eigenvalue weighted by Crippen LogP contribution is -2.27. The highest BCUT2D eigenvalue weighted by molar-refractivity contribution is 7.80. The second-order valence-electron chi connectivity index (χ2n) is 3.00. The molecule has 6 heteroatoms. The van der Waals surface area contributed by atoms with Crippen LogP contribution in [0, 0.1) is 0 Å². The molecule has 0 radical (unpaired) electrons. The summed E-state index contributed by atoms with van der Waals surface area (Å²) in [5.41, 5.74) is 0. The first-order chi connectivity index (χ1) is 7.20. The van der Waals surface area contributed by atoms with Gasteiger partial charge in [0.2, 0.25) is 11.8 Å². The van der Waals surface area contributed by atoms with E-state index in [4.69, 9.17) is 0 Å². The van der Waals surface area contributed by atoms with E-state index in [0.717, 1.165) is 0 Å². The van der Waals surface area contributed by atoms with Crippen molar-refractivity contribution >= 4 is 37.1 Å². The van der Waals surface area contributed by atoms with E-state index < -0.39 is 0 Å². The Bertz CT molecular complexity index is 181. The molecule has 0 aliphatic rings. The molecular weight excluding hydrogens is 232 g/mol. The van der Waals surface area contributed by atoms with Crippen molar-refractivity contribution in [2.75, 3.05) is 24.6 Å². The zero-order valence-electron chi connectivity index (χ0n) is 8.66. The van der Waals surface area contributed by atoms with Crippen LogP contribution in [0.15, 0.2) is 0 Å². The summed E-state index contributed by atoms with van der Waals surface area (Å²) in [5.74, 6) is 1.22. The molecule has 0 aromatic rings. The molecule has 0 aromatic carbocycles. The van der Waals surface area contributed by atoms with Gasteiger partial charge in [0.25, 0.3) is 0 Å². The van der Waals surface area contributed by atoms with Crippen molar-refractivity contribution in [2.24, 2.45) is 0 Å². The van der Waals surface area contributed by atoms with E-state index in [1.165, 1.54) is 0 Å². The van der Waals surface area contributed by atoms with E-state index >= 15 is 0 Å². The van der Waals surface area contributed by atoms with E-state index in [2.05, 4.69) is 35.9 Å². The van der Waals surface area contributed by atoms with Gasteiger partial charge < -0.3 is 10.6 Å². The average Bonchev–Trinajstić information content (AvgIpc) is 2.23. The zero-order valence-corrected chi connectivity index (χ0v) is 10.4. The number of carbonyl (C=O) groups is 2. The molecule has 88 valence electrons. The summed E-state index contributed by atoms with van der Waals surface area (Å²) in [4.78, 5) is 22.2. The number of hydrogen-bond donors (Lipinski definition) is 4. The summed E-state index contributed by atoms with van der Waals surface area (Å²) in [5, 5.41) is 5.38. The monoisotopic (exact) mass is 250 g/mol. The van der Waals surface area contributed by atoms with E-state index in [0.29, 0.717) is 43.9 Å². The Balaban J connectivity index is 3.36. The van der Waals surface area contributed by atoms with E-state index in [1.54, 1.807) is 0 Å². The first-order valence-electron chi connectivity index (χ1n) is 4.95.